The smallest absolute Gasteiger partial charge is 0.226 e. The zero-order chi connectivity index (χ0) is 18.3. The Morgan fingerprint density at radius 3 is 2.50 bits per heavy atom. The summed E-state index contributed by atoms with van der Waals surface area (Å²) in [4.78, 5) is 14.7. The number of nitrogens with one attached hydrogen (secondary N) is 1. The second-order valence-corrected chi connectivity index (χ2v) is 10.00. The molecule has 142 valence electrons. The first-order valence-corrected chi connectivity index (χ1v) is 11.7. The molecule has 1 saturated heterocycles. The Labute approximate surface area is 156 Å². The molecule has 2 saturated carbocycles. The van der Waals surface area contributed by atoms with Gasteiger partial charge in [0.25, 0.3) is 0 Å². The monoisotopic (exact) mass is 376 g/mol. The van der Waals surface area contributed by atoms with E-state index in [1.165, 1.54) is 43.1 Å². The number of nitrogens with zero attached hydrogens (tertiary/aromatic N) is 1. The van der Waals surface area contributed by atoms with Crippen molar-refractivity contribution in [3.05, 3.63) is 35.4 Å². The Kier molecular flexibility index (Phi) is 4.82. The molecule has 3 unspecified atom stereocenters. The van der Waals surface area contributed by atoms with Gasteiger partial charge in [0.2, 0.25) is 15.9 Å². The summed E-state index contributed by atoms with van der Waals surface area (Å²) in [6.45, 7) is 1.15. The van der Waals surface area contributed by atoms with E-state index in [0.29, 0.717) is 31.3 Å². The van der Waals surface area contributed by atoms with Gasteiger partial charge in [0.15, 0.2) is 0 Å². The van der Waals surface area contributed by atoms with Crippen molar-refractivity contribution in [2.45, 2.75) is 56.4 Å². The van der Waals surface area contributed by atoms with Gasteiger partial charge in [-0.3, -0.25) is 4.79 Å². The van der Waals surface area contributed by atoms with Crippen LogP contribution in [0.25, 0.3) is 0 Å². The number of likely N-dealkylation sites (tertiary alicyclic amines) is 1. The van der Waals surface area contributed by atoms with Gasteiger partial charge < -0.3 is 4.90 Å². The normalized spacial score (nSPS) is 29.3. The molecule has 26 heavy (non-hydrogen) atoms. The number of sulfonamides is 1. The summed E-state index contributed by atoms with van der Waals surface area (Å²) < 4.78 is 25.4. The maximum atomic E-state index is 12.9. The summed E-state index contributed by atoms with van der Waals surface area (Å²) in [7, 11) is -3.22. The molecule has 1 heterocycles. The van der Waals surface area contributed by atoms with Crippen LogP contribution >= 0.6 is 0 Å². The van der Waals surface area contributed by atoms with Crippen LogP contribution in [0.1, 0.15) is 61.5 Å². The molecular weight excluding hydrogens is 348 g/mol. The van der Waals surface area contributed by atoms with E-state index in [9.17, 15) is 13.2 Å². The predicted octanol–water partition coefficient (Wildman–Crippen LogP) is 2.60. The standard InChI is InChI=1S/C20H28N2O3S/c1-26(24,25)21-15-10-11-22(13-15)20(23)19-12-18(19)17-9-5-4-8-16(17)14-6-2-3-7-14/h4-5,8-9,14-15,18-19,21H,2-3,6-7,10-13H2,1H3. The SMILES string of the molecule is CS(=O)(=O)NC1CCN(C(=O)C2CC2c2ccccc2C2CCCC2)C1. The number of carbonyl (C=O) groups excluding carboxylic acids is 1. The van der Waals surface area contributed by atoms with Crippen molar-refractivity contribution in [3.63, 3.8) is 0 Å². The minimum atomic E-state index is -3.22. The largest absolute Gasteiger partial charge is 0.341 e. The van der Waals surface area contributed by atoms with E-state index in [-0.39, 0.29) is 17.9 Å². The Morgan fingerprint density at radius 2 is 1.81 bits per heavy atom. The average Bonchev–Trinajstić information content (AvgIpc) is 2.98. The third-order valence-electron chi connectivity index (χ3n) is 6.18. The van der Waals surface area contributed by atoms with E-state index in [2.05, 4.69) is 29.0 Å². The summed E-state index contributed by atoms with van der Waals surface area (Å²) in [6, 6.07) is 8.54. The molecule has 3 fully saturated rings. The fourth-order valence-electron chi connectivity index (χ4n) is 4.86. The molecule has 3 atom stereocenters. The zero-order valence-electron chi connectivity index (χ0n) is 15.4. The van der Waals surface area contributed by atoms with Crippen molar-refractivity contribution < 1.29 is 13.2 Å². The van der Waals surface area contributed by atoms with E-state index in [4.69, 9.17) is 0 Å². The summed E-state index contributed by atoms with van der Waals surface area (Å²) in [6.07, 6.45) is 7.98. The second-order valence-electron chi connectivity index (χ2n) is 8.22. The fourth-order valence-corrected chi connectivity index (χ4v) is 5.66. The van der Waals surface area contributed by atoms with Crippen LogP contribution in [-0.4, -0.2) is 44.6 Å². The third kappa shape index (κ3) is 3.81. The van der Waals surface area contributed by atoms with Gasteiger partial charge in [0.05, 0.1) is 6.26 Å². The molecule has 5 nitrogen and oxygen atoms in total. The van der Waals surface area contributed by atoms with Crippen molar-refractivity contribution in [1.82, 2.24) is 9.62 Å². The highest BCUT2D eigenvalue weighted by atomic mass is 32.2. The lowest BCUT2D eigenvalue weighted by Crippen LogP contribution is -2.38. The Morgan fingerprint density at radius 1 is 1.12 bits per heavy atom. The molecular formula is C20H28N2O3S. The topological polar surface area (TPSA) is 66.5 Å². The van der Waals surface area contributed by atoms with Crippen LogP contribution in [0.2, 0.25) is 0 Å². The minimum Gasteiger partial charge on any atom is -0.341 e. The Hall–Kier alpha value is -1.40. The van der Waals surface area contributed by atoms with Gasteiger partial charge in [-0.1, -0.05) is 37.1 Å². The lowest BCUT2D eigenvalue weighted by Gasteiger charge is -2.18. The number of rotatable bonds is 5. The van der Waals surface area contributed by atoms with Crippen molar-refractivity contribution in [1.29, 1.82) is 0 Å². The molecule has 1 aromatic rings. The zero-order valence-corrected chi connectivity index (χ0v) is 16.2. The number of hydrogen-bond acceptors (Lipinski definition) is 3. The number of carbonyl (C=O) groups is 1. The van der Waals surface area contributed by atoms with Gasteiger partial charge in [-0.2, -0.15) is 0 Å². The van der Waals surface area contributed by atoms with Gasteiger partial charge in [0.1, 0.15) is 0 Å². The maximum Gasteiger partial charge on any atom is 0.226 e. The van der Waals surface area contributed by atoms with E-state index in [1.807, 2.05) is 4.90 Å². The highest BCUT2D eigenvalue weighted by molar-refractivity contribution is 7.88. The van der Waals surface area contributed by atoms with E-state index in [0.717, 1.165) is 6.42 Å². The molecule has 0 spiro atoms. The van der Waals surface area contributed by atoms with Crippen molar-refractivity contribution in [2.24, 2.45) is 5.92 Å². The molecule has 1 aliphatic heterocycles. The molecule has 1 N–H and O–H groups in total. The summed E-state index contributed by atoms with van der Waals surface area (Å²) in [5.41, 5.74) is 2.84. The van der Waals surface area contributed by atoms with Gasteiger partial charge in [-0.05, 0) is 48.6 Å². The lowest BCUT2D eigenvalue weighted by atomic mass is 9.90. The van der Waals surface area contributed by atoms with Crippen LogP contribution in [0.3, 0.4) is 0 Å². The quantitative estimate of drug-likeness (QED) is 0.859. The van der Waals surface area contributed by atoms with Crippen LogP contribution in [0.4, 0.5) is 0 Å². The number of hydrogen-bond donors (Lipinski definition) is 1. The van der Waals surface area contributed by atoms with E-state index >= 15 is 0 Å². The van der Waals surface area contributed by atoms with Crippen LogP contribution < -0.4 is 4.72 Å². The molecule has 0 bridgehead atoms. The van der Waals surface area contributed by atoms with Crippen LogP contribution in [0.5, 0.6) is 0 Å². The summed E-state index contributed by atoms with van der Waals surface area (Å²) >= 11 is 0. The van der Waals surface area contributed by atoms with E-state index < -0.39 is 10.0 Å². The first-order chi connectivity index (χ1) is 12.4. The van der Waals surface area contributed by atoms with Crippen molar-refractivity contribution >= 4 is 15.9 Å². The van der Waals surface area contributed by atoms with Crippen molar-refractivity contribution in [2.75, 3.05) is 19.3 Å². The van der Waals surface area contributed by atoms with Crippen LogP contribution in [-0.2, 0) is 14.8 Å². The summed E-state index contributed by atoms with van der Waals surface area (Å²) in [5.74, 6) is 1.29. The first kappa shape index (κ1) is 18.0. The van der Waals surface area contributed by atoms with Gasteiger partial charge in [-0.15, -0.1) is 0 Å². The highest BCUT2D eigenvalue weighted by Gasteiger charge is 2.48. The molecule has 4 rings (SSSR count). The van der Waals surface area contributed by atoms with Crippen LogP contribution in [0, 0.1) is 5.92 Å². The predicted molar refractivity (Wildman–Crippen MR) is 101 cm³/mol. The van der Waals surface area contributed by atoms with Gasteiger partial charge in [0, 0.05) is 25.0 Å². The van der Waals surface area contributed by atoms with Crippen molar-refractivity contribution in [3.8, 4) is 0 Å². The first-order valence-electron chi connectivity index (χ1n) is 9.77. The maximum absolute atomic E-state index is 12.9. The van der Waals surface area contributed by atoms with E-state index in [1.54, 1.807) is 0 Å². The number of amides is 1. The average molecular weight is 377 g/mol. The lowest BCUT2D eigenvalue weighted by molar-refractivity contribution is -0.131. The molecule has 0 aromatic heterocycles. The Balaban J connectivity index is 1.41. The minimum absolute atomic E-state index is 0.0783. The highest BCUT2D eigenvalue weighted by Crippen LogP contribution is 2.52. The molecule has 2 aliphatic carbocycles. The molecule has 1 amide bonds. The van der Waals surface area contributed by atoms with Gasteiger partial charge >= 0.3 is 0 Å². The Bertz CT molecular complexity index is 786. The third-order valence-corrected chi connectivity index (χ3v) is 6.94. The second kappa shape index (κ2) is 6.97. The number of benzene rings is 1. The van der Waals surface area contributed by atoms with Crippen LogP contribution in [0.15, 0.2) is 24.3 Å². The fraction of sp³-hybridized carbons (Fsp3) is 0.650. The molecule has 0 radical (unpaired) electrons. The molecule has 6 heteroatoms. The van der Waals surface area contributed by atoms with Gasteiger partial charge in [-0.25, -0.2) is 13.1 Å². The molecule has 1 aromatic carbocycles. The molecule has 3 aliphatic rings. The summed E-state index contributed by atoms with van der Waals surface area (Å²) in [5, 5.41) is 0.